The molecule has 2 aromatic rings. The zero-order valence-corrected chi connectivity index (χ0v) is 16.2. The second-order valence-electron chi connectivity index (χ2n) is 5.50. The molecular formula is C15H25IN6O. The highest BCUT2D eigenvalue weighted by Crippen LogP contribution is 1.99. The molecule has 128 valence electrons. The van der Waals surface area contributed by atoms with Crippen LogP contribution in [0, 0.1) is 5.92 Å². The van der Waals surface area contributed by atoms with Gasteiger partial charge in [-0.05, 0) is 18.1 Å². The maximum atomic E-state index is 5.33. The van der Waals surface area contributed by atoms with Crippen LogP contribution in [0.1, 0.15) is 25.4 Å². The van der Waals surface area contributed by atoms with E-state index in [1.54, 1.807) is 10.9 Å². The Labute approximate surface area is 154 Å². The highest BCUT2D eigenvalue weighted by Gasteiger charge is 2.04. The molecule has 0 atom stereocenters. The Bertz CT molecular complexity index is 579. The van der Waals surface area contributed by atoms with Gasteiger partial charge in [0.25, 0.3) is 0 Å². The number of guanidine groups is 1. The predicted molar refractivity (Wildman–Crippen MR) is 101 cm³/mol. The first-order valence-electron chi connectivity index (χ1n) is 7.52. The molecule has 2 N–H and O–H groups in total. The van der Waals surface area contributed by atoms with Gasteiger partial charge >= 0.3 is 0 Å². The van der Waals surface area contributed by atoms with Crippen molar-refractivity contribution in [3.63, 3.8) is 0 Å². The van der Waals surface area contributed by atoms with Crippen LogP contribution < -0.4 is 10.6 Å². The standard InChI is InChI=1S/C15H24N6O.HI/c1-12(2)9-17-15(16-7-6-13-5-4-8-22-13)18-10-14-19-11-20-21(14)3;/h4-5,8,11-12H,6-7,9-10H2,1-3H3,(H2,16,17,18);1H. The molecule has 0 saturated carbocycles. The maximum absolute atomic E-state index is 5.33. The van der Waals surface area contributed by atoms with Crippen LogP contribution in [-0.4, -0.2) is 33.8 Å². The van der Waals surface area contributed by atoms with E-state index in [4.69, 9.17) is 4.42 Å². The highest BCUT2D eigenvalue weighted by atomic mass is 127. The van der Waals surface area contributed by atoms with Crippen molar-refractivity contribution in [3.8, 4) is 0 Å². The minimum Gasteiger partial charge on any atom is -0.469 e. The lowest BCUT2D eigenvalue weighted by atomic mass is 10.2. The molecule has 0 aliphatic heterocycles. The van der Waals surface area contributed by atoms with Crippen LogP contribution in [0.3, 0.4) is 0 Å². The van der Waals surface area contributed by atoms with E-state index < -0.39 is 0 Å². The molecule has 2 heterocycles. The maximum Gasteiger partial charge on any atom is 0.191 e. The van der Waals surface area contributed by atoms with E-state index >= 15 is 0 Å². The van der Waals surface area contributed by atoms with Crippen LogP contribution in [-0.2, 0) is 20.0 Å². The molecule has 0 bridgehead atoms. The van der Waals surface area contributed by atoms with Crippen LogP contribution in [0.25, 0.3) is 0 Å². The van der Waals surface area contributed by atoms with E-state index in [0.29, 0.717) is 12.5 Å². The topological polar surface area (TPSA) is 80.3 Å². The fourth-order valence-electron chi connectivity index (χ4n) is 1.85. The third-order valence-electron chi connectivity index (χ3n) is 3.11. The molecule has 0 aliphatic carbocycles. The zero-order valence-electron chi connectivity index (χ0n) is 13.8. The van der Waals surface area contributed by atoms with E-state index in [2.05, 4.69) is 39.6 Å². The Kier molecular flexibility index (Phi) is 8.67. The molecule has 0 saturated heterocycles. The molecule has 7 nitrogen and oxygen atoms in total. The number of furan rings is 1. The van der Waals surface area contributed by atoms with Gasteiger partial charge in [0.15, 0.2) is 5.96 Å². The Morgan fingerprint density at radius 1 is 1.39 bits per heavy atom. The predicted octanol–water partition coefficient (Wildman–Crippen LogP) is 1.96. The number of hydrogen-bond acceptors (Lipinski definition) is 4. The number of hydrogen-bond donors (Lipinski definition) is 2. The van der Waals surface area contributed by atoms with Crippen molar-refractivity contribution in [3.05, 3.63) is 36.3 Å². The molecule has 0 unspecified atom stereocenters. The number of nitrogens with zero attached hydrogens (tertiary/aromatic N) is 4. The van der Waals surface area contributed by atoms with Gasteiger partial charge in [-0.25, -0.2) is 9.98 Å². The smallest absolute Gasteiger partial charge is 0.191 e. The van der Waals surface area contributed by atoms with Gasteiger partial charge < -0.3 is 15.1 Å². The van der Waals surface area contributed by atoms with Crippen LogP contribution >= 0.6 is 24.0 Å². The summed E-state index contributed by atoms with van der Waals surface area (Å²) in [5, 5.41) is 10.7. The van der Waals surface area contributed by atoms with Crippen molar-refractivity contribution in [2.75, 3.05) is 13.1 Å². The van der Waals surface area contributed by atoms with Crippen LogP contribution in [0.5, 0.6) is 0 Å². The average Bonchev–Trinajstić information content (AvgIpc) is 3.13. The van der Waals surface area contributed by atoms with E-state index in [-0.39, 0.29) is 24.0 Å². The molecule has 0 amide bonds. The SMILES string of the molecule is CC(C)CNC(=NCc1ncnn1C)NCCc1ccco1.I. The van der Waals surface area contributed by atoms with Crippen molar-refractivity contribution in [2.24, 2.45) is 18.0 Å². The first kappa shape index (κ1) is 19.5. The summed E-state index contributed by atoms with van der Waals surface area (Å²) in [6.45, 7) is 6.44. The third kappa shape index (κ3) is 7.02. The lowest BCUT2D eigenvalue weighted by Gasteiger charge is -2.13. The summed E-state index contributed by atoms with van der Waals surface area (Å²) in [6, 6.07) is 3.87. The Hall–Kier alpha value is -1.58. The Morgan fingerprint density at radius 2 is 2.22 bits per heavy atom. The van der Waals surface area contributed by atoms with Crippen molar-refractivity contribution in [1.82, 2.24) is 25.4 Å². The quantitative estimate of drug-likeness (QED) is 0.397. The van der Waals surface area contributed by atoms with E-state index in [1.165, 1.54) is 6.33 Å². The fourth-order valence-corrected chi connectivity index (χ4v) is 1.85. The van der Waals surface area contributed by atoms with Crippen molar-refractivity contribution in [1.29, 1.82) is 0 Å². The molecular weight excluding hydrogens is 407 g/mol. The second kappa shape index (κ2) is 10.2. The van der Waals surface area contributed by atoms with Crippen molar-refractivity contribution < 1.29 is 4.42 Å². The molecule has 23 heavy (non-hydrogen) atoms. The average molecular weight is 432 g/mol. The fraction of sp³-hybridized carbons (Fsp3) is 0.533. The summed E-state index contributed by atoms with van der Waals surface area (Å²) < 4.78 is 7.05. The van der Waals surface area contributed by atoms with Gasteiger partial charge in [-0.1, -0.05) is 13.8 Å². The number of aliphatic imine (C=N–C) groups is 1. The van der Waals surface area contributed by atoms with Gasteiger partial charge in [0.1, 0.15) is 24.5 Å². The molecule has 0 fully saturated rings. The summed E-state index contributed by atoms with van der Waals surface area (Å²) in [5.74, 6) is 3.12. The number of nitrogens with one attached hydrogen (secondary N) is 2. The molecule has 0 aliphatic rings. The van der Waals surface area contributed by atoms with Gasteiger partial charge in [-0.2, -0.15) is 5.10 Å². The van der Waals surface area contributed by atoms with E-state index in [1.807, 2.05) is 19.2 Å². The number of halogens is 1. The molecule has 8 heteroatoms. The summed E-state index contributed by atoms with van der Waals surface area (Å²) in [5.41, 5.74) is 0. The van der Waals surface area contributed by atoms with E-state index in [9.17, 15) is 0 Å². The summed E-state index contributed by atoms with van der Waals surface area (Å²) in [4.78, 5) is 8.74. The first-order valence-corrected chi connectivity index (χ1v) is 7.52. The van der Waals surface area contributed by atoms with Crippen molar-refractivity contribution >= 4 is 29.9 Å². The molecule has 0 radical (unpaired) electrons. The van der Waals surface area contributed by atoms with Gasteiger partial charge in [-0.15, -0.1) is 24.0 Å². The number of aryl methyl sites for hydroxylation is 1. The van der Waals surface area contributed by atoms with Gasteiger partial charge in [0.2, 0.25) is 0 Å². The minimum absolute atomic E-state index is 0. The van der Waals surface area contributed by atoms with Crippen LogP contribution in [0.4, 0.5) is 0 Å². The third-order valence-corrected chi connectivity index (χ3v) is 3.11. The lowest BCUT2D eigenvalue weighted by Crippen LogP contribution is -2.40. The van der Waals surface area contributed by atoms with E-state index in [0.717, 1.165) is 37.1 Å². The Morgan fingerprint density at radius 3 is 2.83 bits per heavy atom. The molecule has 0 aromatic carbocycles. The highest BCUT2D eigenvalue weighted by molar-refractivity contribution is 14.0. The van der Waals surface area contributed by atoms with Crippen molar-refractivity contribution in [2.45, 2.75) is 26.8 Å². The monoisotopic (exact) mass is 432 g/mol. The van der Waals surface area contributed by atoms with Crippen LogP contribution in [0.15, 0.2) is 34.1 Å². The number of rotatable bonds is 7. The summed E-state index contributed by atoms with van der Waals surface area (Å²) in [7, 11) is 1.86. The second-order valence-corrected chi connectivity index (χ2v) is 5.50. The Balaban J connectivity index is 0.00000264. The van der Waals surface area contributed by atoms with Crippen LogP contribution in [0.2, 0.25) is 0 Å². The van der Waals surface area contributed by atoms with Gasteiger partial charge in [0, 0.05) is 26.6 Å². The van der Waals surface area contributed by atoms with Gasteiger partial charge in [0.05, 0.1) is 6.26 Å². The molecule has 0 spiro atoms. The molecule has 2 rings (SSSR count). The zero-order chi connectivity index (χ0) is 15.8. The largest absolute Gasteiger partial charge is 0.469 e. The molecule has 2 aromatic heterocycles. The lowest BCUT2D eigenvalue weighted by molar-refractivity contribution is 0.506. The summed E-state index contributed by atoms with van der Waals surface area (Å²) in [6.07, 6.45) is 4.05. The normalized spacial score (nSPS) is 11.4. The number of aromatic nitrogens is 3. The summed E-state index contributed by atoms with van der Waals surface area (Å²) >= 11 is 0. The first-order chi connectivity index (χ1) is 10.6. The minimum atomic E-state index is 0. The van der Waals surface area contributed by atoms with Gasteiger partial charge in [-0.3, -0.25) is 4.68 Å².